The van der Waals surface area contributed by atoms with Crippen molar-refractivity contribution in [1.29, 1.82) is 0 Å². The second-order valence-corrected chi connectivity index (χ2v) is 11.2. The van der Waals surface area contributed by atoms with Gasteiger partial charge in [-0.1, -0.05) is 11.6 Å². The Morgan fingerprint density at radius 3 is 2.69 bits per heavy atom. The van der Waals surface area contributed by atoms with E-state index in [0.717, 1.165) is 41.0 Å². The van der Waals surface area contributed by atoms with Crippen LogP contribution in [0.1, 0.15) is 50.1 Å². The first-order valence-electron chi connectivity index (χ1n) is 12.1. The van der Waals surface area contributed by atoms with Crippen molar-refractivity contribution in [1.82, 2.24) is 30.8 Å². The van der Waals surface area contributed by atoms with Crippen molar-refractivity contribution in [3.05, 3.63) is 50.6 Å². The molecule has 3 unspecified atom stereocenters. The summed E-state index contributed by atoms with van der Waals surface area (Å²) in [4.78, 5) is 49.4. The molecule has 3 amide bonds. The van der Waals surface area contributed by atoms with Gasteiger partial charge >= 0.3 is 0 Å². The van der Waals surface area contributed by atoms with Gasteiger partial charge < -0.3 is 25.8 Å². The number of hydrogen-bond donors (Lipinski definition) is 4. The van der Waals surface area contributed by atoms with E-state index in [4.69, 9.17) is 11.6 Å². The number of benzene rings is 1. The van der Waals surface area contributed by atoms with Crippen molar-refractivity contribution >= 4 is 51.6 Å². The van der Waals surface area contributed by atoms with Gasteiger partial charge in [-0.05, 0) is 43.5 Å². The molecule has 4 N–H and O–H groups in total. The Bertz CT molecular complexity index is 1290. The minimum Gasteiger partial charge on any atom is -0.351 e. The minimum atomic E-state index is -0.401. The first kappa shape index (κ1) is 24.7. The molecule has 1 fully saturated rings. The van der Waals surface area contributed by atoms with Crippen LogP contribution in [0, 0.1) is 5.92 Å². The fourth-order valence-electron chi connectivity index (χ4n) is 5.02. The van der Waals surface area contributed by atoms with Crippen molar-refractivity contribution < 1.29 is 14.4 Å². The van der Waals surface area contributed by atoms with Crippen molar-refractivity contribution in [2.24, 2.45) is 5.92 Å². The molecule has 36 heavy (non-hydrogen) atoms. The number of fused-ring (bicyclic) bond motifs is 2. The lowest BCUT2D eigenvalue weighted by molar-refractivity contribution is -0.134. The number of hydrogen-bond acceptors (Lipinski definition) is 6. The Morgan fingerprint density at radius 1 is 1.11 bits per heavy atom. The number of aromatic amines is 1. The van der Waals surface area contributed by atoms with Crippen LogP contribution in [0.3, 0.4) is 0 Å². The molecule has 190 valence electrons. The van der Waals surface area contributed by atoms with E-state index in [-0.39, 0.29) is 29.7 Å². The summed E-state index contributed by atoms with van der Waals surface area (Å²) in [5.74, 6) is -0.721. The SMILES string of the molecule is CN(C)C(=O)C1CCC(NC(=O)c2cc3cc(Cl)ccc3[nH]2)C(NC(=O)c2nc3c(s2)CNCC3)C1. The molecule has 1 aliphatic heterocycles. The van der Waals surface area contributed by atoms with Gasteiger partial charge in [0.25, 0.3) is 11.8 Å². The Kier molecular flexibility index (Phi) is 7.00. The van der Waals surface area contributed by atoms with E-state index in [9.17, 15) is 14.4 Å². The summed E-state index contributed by atoms with van der Waals surface area (Å²) < 4.78 is 0. The van der Waals surface area contributed by atoms with Crippen molar-refractivity contribution in [3.8, 4) is 0 Å². The van der Waals surface area contributed by atoms with Crippen LogP contribution in [-0.4, -0.2) is 65.3 Å². The third-order valence-electron chi connectivity index (χ3n) is 6.90. The smallest absolute Gasteiger partial charge is 0.280 e. The predicted molar refractivity (Wildman–Crippen MR) is 139 cm³/mol. The van der Waals surface area contributed by atoms with E-state index in [0.29, 0.717) is 35.0 Å². The Hall–Kier alpha value is -2.95. The maximum absolute atomic E-state index is 13.2. The van der Waals surface area contributed by atoms with Crippen molar-refractivity contribution in [3.63, 3.8) is 0 Å². The van der Waals surface area contributed by atoms with Gasteiger partial charge in [-0.15, -0.1) is 11.3 Å². The lowest BCUT2D eigenvalue weighted by Crippen LogP contribution is -2.56. The molecule has 11 heteroatoms. The fourth-order valence-corrected chi connectivity index (χ4v) is 6.18. The van der Waals surface area contributed by atoms with Gasteiger partial charge in [-0.3, -0.25) is 14.4 Å². The summed E-state index contributed by atoms with van der Waals surface area (Å²) in [6, 6.07) is 6.44. The third-order valence-corrected chi connectivity index (χ3v) is 8.23. The Labute approximate surface area is 218 Å². The first-order valence-corrected chi connectivity index (χ1v) is 13.3. The predicted octanol–water partition coefficient (Wildman–Crippen LogP) is 2.71. The topological polar surface area (TPSA) is 119 Å². The standard InChI is InChI=1S/C25H29ClN6O3S/c1-32(2)25(35)13-3-5-17(29-22(33)20-11-14-9-15(26)4-6-16(14)28-20)19(10-13)30-23(34)24-31-18-7-8-27-12-21(18)36-24/h4,6,9,11,13,17,19,27-28H,3,5,7-8,10,12H2,1-2H3,(H,29,33)(H,30,34). The molecule has 9 nitrogen and oxygen atoms in total. The van der Waals surface area contributed by atoms with E-state index in [1.807, 2.05) is 6.07 Å². The van der Waals surface area contributed by atoms with Crippen LogP contribution in [0.5, 0.6) is 0 Å². The van der Waals surface area contributed by atoms with E-state index in [1.165, 1.54) is 11.3 Å². The number of thiazole rings is 1. The highest BCUT2D eigenvalue weighted by Gasteiger charge is 2.37. The van der Waals surface area contributed by atoms with Gasteiger partial charge in [0, 0.05) is 66.4 Å². The molecule has 0 bridgehead atoms. The Morgan fingerprint density at radius 2 is 1.92 bits per heavy atom. The molecule has 5 rings (SSSR count). The normalized spacial score (nSPS) is 21.6. The van der Waals surface area contributed by atoms with Gasteiger partial charge in [-0.25, -0.2) is 4.98 Å². The largest absolute Gasteiger partial charge is 0.351 e. The lowest BCUT2D eigenvalue weighted by Gasteiger charge is -2.37. The number of halogens is 1. The fraction of sp³-hybridized carbons (Fsp3) is 0.440. The summed E-state index contributed by atoms with van der Waals surface area (Å²) >= 11 is 7.48. The van der Waals surface area contributed by atoms with Gasteiger partial charge in [-0.2, -0.15) is 0 Å². The number of carbonyl (C=O) groups excluding carboxylic acids is 3. The van der Waals surface area contributed by atoms with Crippen LogP contribution < -0.4 is 16.0 Å². The van der Waals surface area contributed by atoms with Crippen LogP contribution in [0.25, 0.3) is 10.9 Å². The zero-order chi connectivity index (χ0) is 25.4. The average Bonchev–Trinajstić information content (AvgIpc) is 3.48. The average molecular weight is 529 g/mol. The number of aromatic nitrogens is 2. The third kappa shape index (κ3) is 5.11. The molecule has 0 saturated heterocycles. The monoisotopic (exact) mass is 528 g/mol. The van der Waals surface area contributed by atoms with Crippen molar-refractivity contribution in [2.75, 3.05) is 20.6 Å². The van der Waals surface area contributed by atoms with Gasteiger partial charge in [0.2, 0.25) is 5.91 Å². The maximum atomic E-state index is 13.2. The molecular weight excluding hydrogens is 500 g/mol. The van der Waals surface area contributed by atoms with E-state index >= 15 is 0 Å². The molecule has 0 spiro atoms. The molecule has 1 saturated carbocycles. The van der Waals surface area contributed by atoms with E-state index in [1.54, 1.807) is 37.2 Å². The highest BCUT2D eigenvalue weighted by Crippen LogP contribution is 2.28. The highest BCUT2D eigenvalue weighted by molar-refractivity contribution is 7.13. The zero-order valence-electron chi connectivity index (χ0n) is 20.2. The second-order valence-electron chi connectivity index (χ2n) is 9.63. The second kappa shape index (κ2) is 10.2. The number of rotatable bonds is 5. The molecular formula is C25H29ClN6O3S. The molecule has 2 aromatic heterocycles. The number of nitrogens with zero attached hydrogens (tertiary/aromatic N) is 2. The van der Waals surface area contributed by atoms with Gasteiger partial charge in [0.05, 0.1) is 11.7 Å². The van der Waals surface area contributed by atoms with Crippen molar-refractivity contribution in [2.45, 2.75) is 44.3 Å². The number of amides is 3. The van der Waals surface area contributed by atoms with Gasteiger partial charge in [0.1, 0.15) is 5.69 Å². The van der Waals surface area contributed by atoms with E-state index in [2.05, 4.69) is 25.9 Å². The summed E-state index contributed by atoms with van der Waals surface area (Å²) in [6.07, 6.45) is 2.46. The van der Waals surface area contributed by atoms with Crippen LogP contribution in [0.2, 0.25) is 5.02 Å². The molecule has 3 heterocycles. The number of nitrogens with one attached hydrogen (secondary N) is 4. The number of H-pyrrole nitrogens is 1. The summed E-state index contributed by atoms with van der Waals surface area (Å²) in [5, 5.41) is 11.3. The molecule has 1 aliphatic carbocycles. The summed E-state index contributed by atoms with van der Waals surface area (Å²) in [7, 11) is 3.47. The maximum Gasteiger partial charge on any atom is 0.280 e. The van der Waals surface area contributed by atoms with Crippen LogP contribution in [0.4, 0.5) is 0 Å². The first-order chi connectivity index (χ1) is 17.3. The molecule has 1 aromatic carbocycles. The zero-order valence-corrected chi connectivity index (χ0v) is 21.8. The highest BCUT2D eigenvalue weighted by atomic mass is 35.5. The van der Waals surface area contributed by atoms with Crippen LogP contribution in [-0.2, 0) is 17.8 Å². The summed E-state index contributed by atoms with van der Waals surface area (Å²) in [6.45, 7) is 1.57. The minimum absolute atomic E-state index is 0.0299. The molecule has 3 atom stereocenters. The quantitative estimate of drug-likeness (QED) is 0.406. The number of carbonyl (C=O) groups is 3. The molecule has 3 aromatic rings. The van der Waals surface area contributed by atoms with Crippen LogP contribution >= 0.6 is 22.9 Å². The molecule has 2 aliphatic rings. The van der Waals surface area contributed by atoms with Crippen LogP contribution in [0.15, 0.2) is 24.3 Å². The van der Waals surface area contributed by atoms with Gasteiger partial charge in [0.15, 0.2) is 5.01 Å². The Balaban J connectivity index is 1.34. The van der Waals surface area contributed by atoms with E-state index < -0.39 is 6.04 Å². The summed E-state index contributed by atoms with van der Waals surface area (Å²) in [5.41, 5.74) is 2.21. The molecule has 0 radical (unpaired) electrons. The lowest BCUT2D eigenvalue weighted by atomic mass is 9.81.